The molecule has 2 atom stereocenters. The summed E-state index contributed by atoms with van der Waals surface area (Å²) in [5, 5.41) is 0. The second-order valence-electron chi connectivity index (χ2n) is 15.8. The maximum atomic E-state index is 12.8. The van der Waals surface area contributed by atoms with Gasteiger partial charge in [-0.2, -0.15) is 0 Å². The van der Waals surface area contributed by atoms with Crippen molar-refractivity contribution >= 4 is 11.9 Å². The van der Waals surface area contributed by atoms with Gasteiger partial charge < -0.3 is 28.4 Å². The van der Waals surface area contributed by atoms with Crippen LogP contribution in [-0.2, 0) is 41.8 Å². The topological polar surface area (TPSA) is 89.5 Å². The molecule has 0 amide bonds. The van der Waals surface area contributed by atoms with Gasteiger partial charge in [0.05, 0.1) is 27.4 Å². The van der Waals surface area contributed by atoms with E-state index >= 15 is 0 Å². The summed E-state index contributed by atoms with van der Waals surface area (Å²) in [5.74, 6) is 3.16. The van der Waals surface area contributed by atoms with Crippen LogP contribution in [0.25, 0.3) is 0 Å². The van der Waals surface area contributed by atoms with Gasteiger partial charge in [0.15, 0.2) is 12.2 Å². The van der Waals surface area contributed by atoms with Crippen molar-refractivity contribution in [3.63, 3.8) is 0 Å². The van der Waals surface area contributed by atoms with Gasteiger partial charge >= 0.3 is 11.9 Å². The minimum Gasteiger partial charge on any atom is -0.490 e. The molecule has 0 aliphatic heterocycles. The maximum absolute atomic E-state index is 12.8. The Labute approximate surface area is 337 Å². The monoisotopic (exact) mass is 775 g/mol. The number of methoxy groups -OCH3 is 2. The van der Waals surface area contributed by atoms with Crippen molar-refractivity contribution in [2.24, 2.45) is 23.7 Å². The van der Waals surface area contributed by atoms with Crippen LogP contribution < -0.4 is 9.47 Å². The highest BCUT2D eigenvalue weighted by Crippen LogP contribution is 2.34. The quantitative estimate of drug-likeness (QED) is 0.0560. The van der Waals surface area contributed by atoms with E-state index in [-0.39, 0.29) is 13.2 Å². The Kier molecular flexibility index (Phi) is 21.2. The summed E-state index contributed by atoms with van der Waals surface area (Å²) < 4.78 is 33.8. The number of hydrogen-bond donors (Lipinski definition) is 0. The second-order valence-corrected chi connectivity index (χ2v) is 15.8. The van der Waals surface area contributed by atoms with Crippen LogP contribution in [0.1, 0.15) is 128 Å². The van der Waals surface area contributed by atoms with Crippen molar-refractivity contribution in [2.75, 3.05) is 27.4 Å². The van der Waals surface area contributed by atoms with E-state index < -0.39 is 24.1 Å². The number of benzene rings is 2. The van der Waals surface area contributed by atoms with Crippen molar-refractivity contribution in [1.29, 1.82) is 0 Å². The molecule has 0 bridgehead atoms. The first-order valence-electron chi connectivity index (χ1n) is 21.6. The van der Waals surface area contributed by atoms with E-state index in [1.807, 2.05) is 48.5 Å². The predicted octanol–water partition coefficient (Wildman–Crippen LogP) is 11.1. The minimum atomic E-state index is -1.33. The van der Waals surface area contributed by atoms with E-state index in [0.717, 1.165) is 34.5 Å². The molecule has 2 fully saturated rings. The molecule has 2 aliphatic carbocycles. The van der Waals surface area contributed by atoms with Gasteiger partial charge in [-0.1, -0.05) is 114 Å². The third-order valence-electron chi connectivity index (χ3n) is 11.6. The molecular weight excluding hydrogens is 705 g/mol. The first-order chi connectivity index (χ1) is 27.4. The van der Waals surface area contributed by atoms with Crippen LogP contribution in [0, 0.1) is 23.7 Å². The van der Waals surface area contributed by atoms with E-state index in [1.165, 1.54) is 117 Å². The zero-order valence-electron chi connectivity index (χ0n) is 34.8. The molecule has 0 N–H and O–H groups in total. The average Bonchev–Trinajstić information content (AvgIpc) is 3.24. The molecule has 2 saturated carbocycles. The summed E-state index contributed by atoms with van der Waals surface area (Å²) in [6.07, 6.45) is 27.6. The average molecular weight is 775 g/mol. The number of hydrogen-bond acceptors (Lipinski definition) is 8. The summed E-state index contributed by atoms with van der Waals surface area (Å²) in [4.78, 5) is 25.7. The van der Waals surface area contributed by atoms with Crippen molar-refractivity contribution in [2.45, 2.75) is 142 Å². The van der Waals surface area contributed by atoms with Crippen LogP contribution in [0.2, 0.25) is 0 Å². The Bertz CT molecular complexity index is 1310. The number of ether oxygens (including phenoxy) is 6. The van der Waals surface area contributed by atoms with E-state index in [9.17, 15) is 9.59 Å². The van der Waals surface area contributed by atoms with E-state index in [4.69, 9.17) is 28.4 Å². The highest BCUT2D eigenvalue weighted by Gasteiger charge is 2.38. The number of rotatable bonds is 25. The lowest BCUT2D eigenvalue weighted by atomic mass is 9.79. The summed E-state index contributed by atoms with van der Waals surface area (Å²) in [7, 11) is 2.50. The van der Waals surface area contributed by atoms with E-state index in [2.05, 4.69) is 38.2 Å². The number of unbranched alkanes of at least 4 members (excludes halogenated alkanes) is 4. The van der Waals surface area contributed by atoms with Gasteiger partial charge in [-0.25, -0.2) is 9.59 Å². The number of carbonyl (C=O) groups excluding carboxylic acids is 2. The lowest BCUT2D eigenvalue weighted by Gasteiger charge is -2.26. The second kappa shape index (κ2) is 26.3. The Morgan fingerprint density at radius 2 is 0.946 bits per heavy atom. The first kappa shape index (κ1) is 45.1. The summed E-state index contributed by atoms with van der Waals surface area (Å²) >= 11 is 0. The first-order valence-corrected chi connectivity index (χ1v) is 21.6. The van der Waals surface area contributed by atoms with Crippen LogP contribution in [0.4, 0.5) is 0 Å². The normalized spacial score (nSPS) is 21.1. The molecule has 2 aromatic rings. The Hall–Kier alpha value is -3.62. The fourth-order valence-corrected chi connectivity index (χ4v) is 8.02. The molecule has 2 aromatic carbocycles. The van der Waals surface area contributed by atoms with Gasteiger partial charge in [0.2, 0.25) is 0 Å². The largest absolute Gasteiger partial charge is 0.490 e. The lowest BCUT2D eigenvalue weighted by Crippen LogP contribution is -2.44. The fourth-order valence-electron chi connectivity index (χ4n) is 8.02. The van der Waals surface area contributed by atoms with Crippen LogP contribution in [0.15, 0.2) is 72.8 Å². The number of allylic oxidation sites excluding steroid dienone is 2. The molecule has 8 nitrogen and oxygen atoms in total. The van der Waals surface area contributed by atoms with Crippen molar-refractivity contribution in [1.82, 2.24) is 0 Å². The third-order valence-corrected chi connectivity index (χ3v) is 11.6. The molecule has 0 aromatic heterocycles. The fraction of sp³-hybridized carbons (Fsp3) is 0.625. The highest BCUT2D eigenvalue weighted by atomic mass is 16.6. The van der Waals surface area contributed by atoms with Crippen molar-refractivity contribution in [3.8, 4) is 11.5 Å². The molecule has 4 rings (SSSR count). The van der Waals surface area contributed by atoms with Crippen molar-refractivity contribution < 1.29 is 38.0 Å². The van der Waals surface area contributed by atoms with Crippen LogP contribution in [-0.4, -0.2) is 51.6 Å². The smallest absolute Gasteiger partial charge is 0.338 e. The van der Waals surface area contributed by atoms with Gasteiger partial charge in [0.25, 0.3) is 0 Å². The summed E-state index contributed by atoms with van der Waals surface area (Å²) in [5.41, 5.74) is 1.61. The Balaban J connectivity index is 1.18. The van der Waals surface area contributed by atoms with Crippen LogP contribution in [0.5, 0.6) is 11.5 Å². The summed E-state index contributed by atoms with van der Waals surface area (Å²) in [6, 6.07) is 15.0. The Morgan fingerprint density at radius 3 is 1.29 bits per heavy atom. The Morgan fingerprint density at radius 1 is 0.571 bits per heavy atom. The highest BCUT2D eigenvalue weighted by molar-refractivity contribution is 5.85. The minimum absolute atomic E-state index is 0.0543. The molecule has 0 radical (unpaired) electrons. The molecule has 0 unspecified atom stereocenters. The molecular formula is C48H70O8. The summed E-state index contributed by atoms with van der Waals surface area (Å²) in [6.45, 7) is 5.68. The molecule has 0 spiro atoms. The standard InChI is InChI=1S/C48H70O8/c1-5-7-9-13-37-17-21-39(22-18-37)15-11-33-53-43-29-25-41(26-30-43)35-55-45(47(49)51-3)46(48(50)52-4)56-36-42-27-31-44(32-28-42)54-34-12-16-40-23-19-38(20-24-40)14-10-8-6-2/h11-12,15-16,25-32,37-40,45-46H,5-10,13-14,17-24,33-36H2,1-4H3/b15-11+,16-12+/t37?,38?,39?,40?,45-,46-/m1/s1. The number of carbonyl (C=O) groups is 2. The van der Waals surface area contributed by atoms with Gasteiger partial charge in [0.1, 0.15) is 24.7 Å². The SMILES string of the molecule is CCCCCC1CCC(/C=C/COc2ccc(CO[C@@H](C(=O)OC)[C@@H](OCc3ccc(OC/C=C/C4CCC(CCCCC)CC4)cc3)C(=O)OC)cc2)CC1. The van der Waals surface area contributed by atoms with E-state index in [0.29, 0.717) is 25.0 Å². The molecule has 0 saturated heterocycles. The van der Waals surface area contributed by atoms with Crippen LogP contribution in [0.3, 0.4) is 0 Å². The molecule has 310 valence electrons. The van der Waals surface area contributed by atoms with Crippen LogP contribution >= 0.6 is 0 Å². The molecule has 2 aliphatic rings. The van der Waals surface area contributed by atoms with E-state index in [1.54, 1.807) is 0 Å². The zero-order chi connectivity index (χ0) is 39.8. The van der Waals surface area contributed by atoms with Gasteiger partial charge in [-0.15, -0.1) is 0 Å². The van der Waals surface area contributed by atoms with Gasteiger partial charge in [0, 0.05) is 0 Å². The number of esters is 2. The lowest BCUT2D eigenvalue weighted by molar-refractivity contribution is -0.182. The third kappa shape index (κ3) is 16.5. The predicted molar refractivity (Wildman–Crippen MR) is 223 cm³/mol. The maximum Gasteiger partial charge on any atom is 0.338 e. The van der Waals surface area contributed by atoms with Gasteiger partial charge in [-0.05, 0) is 110 Å². The zero-order valence-corrected chi connectivity index (χ0v) is 34.8. The van der Waals surface area contributed by atoms with Gasteiger partial charge in [-0.3, -0.25) is 0 Å². The van der Waals surface area contributed by atoms with Crippen molar-refractivity contribution in [3.05, 3.63) is 84.0 Å². The molecule has 0 heterocycles. The molecule has 8 heteroatoms. The molecule has 56 heavy (non-hydrogen) atoms.